The monoisotopic (exact) mass is 346 g/mol. The van der Waals surface area contributed by atoms with Crippen LogP contribution in [-0.4, -0.2) is 16.5 Å². The third kappa shape index (κ3) is 0.992. The Labute approximate surface area is 154 Å². The van der Waals surface area contributed by atoms with Crippen LogP contribution in [0.3, 0.4) is 0 Å². The third-order valence-electron chi connectivity index (χ3n) is 11.1. The molecule has 26 heavy (non-hydrogen) atoms. The molecular formula is C24H26O2. The van der Waals surface area contributed by atoms with E-state index in [-0.39, 0.29) is 16.7 Å². The first-order valence-electron chi connectivity index (χ1n) is 10.8. The lowest BCUT2D eigenvalue weighted by atomic mass is 9.46. The maximum Gasteiger partial charge on any atom is 0.147 e. The summed E-state index contributed by atoms with van der Waals surface area (Å²) in [5.41, 5.74) is -0.634. The molecule has 0 unspecified atom stereocenters. The standard InChI is InChI=1S/C24H26O2/c1-22-10-23(16-9-8-15(21(23)25)11-4-2-5-12(11)16)19-17(22)13-6-3-7-14(13)18-20(19)24(18,22)26/h2-4,7-9,11-20,26H,5-6,10H2,1H3/t11-,12+,13-,14+,15-,16+,17+,18-,19+,20-,22-,23-,24+/m1/s1. The minimum atomic E-state index is -0.461. The number of hydrogen-bond acceptors (Lipinski definition) is 2. The third-order valence-corrected chi connectivity index (χ3v) is 11.1. The molecule has 0 saturated heterocycles. The Kier molecular flexibility index (Phi) is 1.93. The van der Waals surface area contributed by atoms with Gasteiger partial charge in [-0.05, 0) is 66.6 Å². The highest BCUT2D eigenvalue weighted by Gasteiger charge is 2.95. The van der Waals surface area contributed by atoms with E-state index in [9.17, 15) is 9.90 Å². The number of hydrogen-bond donors (Lipinski definition) is 1. The molecule has 2 heteroatoms. The minimum Gasteiger partial charge on any atom is -0.389 e. The van der Waals surface area contributed by atoms with Gasteiger partial charge < -0.3 is 5.11 Å². The first kappa shape index (κ1) is 13.9. The van der Waals surface area contributed by atoms with Gasteiger partial charge in [0.05, 0.1) is 5.60 Å². The van der Waals surface area contributed by atoms with E-state index in [1.807, 2.05) is 0 Å². The highest BCUT2D eigenvalue weighted by molar-refractivity contribution is 5.93. The highest BCUT2D eigenvalue weighted by Crippen LogP contribution is 2.92. The van der Waals surface area contributed by atoms with Crippen LogP contribution in [0.2, 0.25) is 0 Å². The molecule has 6 saturated carbocycles. The van der Waals surface area contributed by atoms with Crippen molar-refractivity contribution < 1.29 is 9.90 Å². The van der Waals surface area contributed by atoms with Gasteiger partial charge in [0, 0.05) is 22.7 Å². The average Bonchev–Trinajstić information content (AvgIpc) is 3.11. The summed E-state index contributed by atoms with van der Waals surface area (Å²) >= 11 is 0. The van der Waals surface area contributed by atoms with Gasteiger partial charge >= 0.3 is 0 Å². The van der Waals surface area contributed by atoms with Gasteiger partial charge in [-0.15, -0.1) is 0 Å². The van der Waals surface area contributed by atoms with Gasteiger partial charge in [-0.1, -0.05) is 43.4 Å². The number of aliphatic hydroxyl groups is 1. The van der Waals surface area contributed by atoms with Crippen molar-refractivity contribution in [1.82, 2.24) is 0 Å². The van der Waals surface area contributed by atoms with Crippen molar-refractivity contribution in [3.05, 3.63) is 36.5 Å². The second kappa shape index (κ2) is 3.60. The Morgan fingerprint density at radius 2 is 1.69 bits per heavy atom. The molecule has 0 radical (unpaired) electrons. The molecule has 10 rings (SSSR count). The lowest BCUT2D eigenvalue weighted by Crippen LogP contribution is -2.59. The SMILES string of the molecule is C[C@@]12C[C@]3(C(=O)[C@@H]4C=C[C@H]3[C@H]3CC=C[C@H]34)[C@@H]3[C@H]4[C@@H]([C@H]5C=CC[C@H]5[C@@H]31)[C@]42O. The number of rotatable bonds is 0. The van der Waals surface area contributed by atoms with Crippen LogP contribution in [0.4, 0.5) is 0 Å². The van der Waals surface area contributed by atoms with Crippen molar-refractivity contribution in [2.24, 2.45) is 70.0 Å². The Morgan fingerprint density at radius 3 is 2.54 bits per heavy atom. The first-order chi connectivity index (χ1) is 12.5. The maximum atomic E-state index is 13.9. The number of allylic oxidation sites excluding steroid dienone is 6. The van der Waals surface area contributed by atoms with Gasteiger partial charge in [0.1, 0.15) is 5.78 Å². The lowest BCUT2D eigenvalue weighted by molar-refractivity contribution is -0.153. The highest BCUT2D eigenvalue weighted by atomic mass is 16.3. The fraction of sp³-hybridized carbons (Fsp3) is 0.708. The normalized spacial score (nSPS) is 71.8. The fourth-order valence-corrected chi connectivity index (χ4v) is 10.8. The molecule has 10 aliphatic rings. The van der Waals surface area contributed by atoms with Crippen molar-refractivity contribution in [1.29, 1.82) is 0 Å². The summed E-state index contributed by atoms with van der Waals surface area (Å²) in [4.78, 5) is 13.9. The molecule has 0 amide bonds. The maximum absolute atomic E-state index is 13.9. The van der Waals surface area contributed by atoms with E-state index in [2.05, 4.69) is 43.4 Å². The summed E-state index contributed by atoms with van der Waals surface area (Å²) in [6.45, 7) is 2.37. The molecule has 0 aromatic heterocycles. The summed E-state index contributed by atoms with van der Waals surface area (Å²) in [6, 6.07) is 0. The average molecular weight is 346 g/mol. The van der Waals surface area contributed by atoms with E-state index in [4.69, 9.17) is 0 Å². The molecule has 134 valence electrons. The molecule has 13 atom stereocenters. The van der Waals surface area contributed by atoms with E-state index in [1.165, 1.54) is 6.42 Å². The quantitative estimate of drug-likeness (QED) is 0.683. The van der Waals surface area contributed by atoms with E-state index < -0.39 is 5.60 Å². The summed E-state index contributed by atoms with van der Waals surface area (Å²) < 4.78 is 0. The predicted octanol–water partition coefficient (Wildman–Crippen LogP) is 3.39. The first-order valence-corrected chi connectivity index (χ1v) is 10.8. The van der Waals surface area contributed by atoms with Gasteiger partial charge in [-0.25, -0.2) is 0 Å². The smallest absolute Gasteiger partial charge is 0.147 e. The molecule has 0 aromatic carbocycles. The molecule has 2 nitrogen and oxygen atoms in total. The Morgan fingerprint density at radius 1 is 0.923 bits per heavy atom. The van der Waals surface area contributed by atoms with Gasteiger partial charge in [0.2, 0.25) is 0 Å². The lowest BCUT2D eigenvalue weighted by Gasteiger charge is -2.56. The van der Waals surface area contributed by atoms with Gasteiger partial charge in [0.25, 0.3) is 0 Å². The Balaban J connectivity index is 1.34. The van der Waals surface area contributed by atoms with Crippen molar-refractivity contribution in [2.45, 2.75) is 31.8 Å². The molecule has 10 aliphatic carbocycles. The summed E-state index contributed by atoms with van der Waals surface area (Å²) in [5, 5.41) is 11.7. The zero-order valence-corrected chi connectivity index (χ0v) is 15.2. The van der Waals surface area contributed by atoms with Crippen LogP contribution >= 0.6 is 0 Å². The number of Topliss-reactive ketones (excluding diaryl/α,β-unsaturated/α-hetero) is 1. The van der Waals surface area contributed by atoms with E-state index >= 15 is 0 Å². The van der Waals surface area contributed by atoms with Gasteiger partial charge in [0.15, 0.2) is 0 Å². The van der Waals surface area contributed by atoms with Crippen molar-refractivity contribution in [3.63, 3.8) is 0 Å². The second-order valence-electron chi connectivity index (χ2n) is 11.2. The number of carbonyl (C=O) groups excluding carboxylic acids is 1. The topological polar surface area (TPSA) is 37.3 Å². The zero-order valence-electron chi connectivity index (χ0n) is 15.2. The van der Waals surface area contributed by atoms with Crippen molar-refractivity contribution >= 4 is 5.78 Å². The van der Waals surface area contributed by atoms with Crippen LogP contribution in [0, 0.1) is 70.0 Å². The molecule has 1 N–H and O–H groups in total. The van der Waals surface area contributed by atoms with Crippen molar-refractivity contribution in [2.75, 3.05) is 0 Å². The largest absolute Gasteiger partial charge is 0.389 e. The van der Waals surface area contributed by atoms with Crippen LogP contribution in [0.1, 0.15) is 26.2 Å². The number of ketones is 1. The van der Waals surface area contributed by atoms with Crippen LogP contribution in [-0.2, 0) is 4.79 Å². The summed E-state index contributed by atoms with van der Waals surface area (Å²) in [7, 11) is 0. The van der Waals surface area contributed by atoms with E-state index in [0.29, 0.717) is 59.0 Å². The van der Waals surface area contributed by atoms with Crippen LogP contribution < -0.4 is 0 Å². The van der Waals surface area contributed by atoms with Crippen LogP contribution in [0.5, 0.6) is 0 Å². The van der Waals surface area contributed by atoms with Gasteiger partial charge in [-0.3, -0.25) is 4.79 Å². The predicted molar refractivity (Wildman–Crippen MR) is 96.7 cm³/mol. The second-order valence-corrected chi connectivity index (χ2v) is 11.2. The zero-order chi connectivity index (χ0) is 17.2. The fourth-order valence-electron chi connectivity index (χ4n) is 10.8. The summed E-state index contributed by atoms with van der Waals surface area (Å²) in [6.07, 6.45) is 17.5. The number of carbonyl (C=O) groups is 1. The molecule has 0 heterocycles. The van der Waals surface area contributed by atoms with Crippen LogP contribution in [0.25, 0.3) is 0 Å². The van der Waals surface area contributed by atoms with Gasteiger partial charge in [-0.2, -0.15) is 0 Å². The molecule has 1 spiro atoms. The van der Waals surface area contributed by atoms with Crippen LogP contribution in [0.15, 0.2) is 36.5 Å². The minimum absolute atomic E-state index is 0.0251. The van der Waals surface area contributed by atoms with E-state index in [0.717, 1.165) is 12.8 Å². The van der Waals surface area contributed by atoms with Crippen molar-refractivity contribution in [3.8, 4) is 0 Å². The molecule has 8 bridgehead atoms. The molecule has 0 aliphatic heterocycles. The Hall–Kier alpha value is -1.15. The molecule has 6 fully saturated rings. The Bertz CT molecular complexity index is 883. The molecule has 0 aromatic rings. The summed E-state index contributed by atoms with van der Waals surface area (Å²) in [5.74, 6) is 5.38. The molecular weight excluding hydrogens is 320 g/mol. The van der Waals surface area contributed by atoms with E-state index in [1.54, 1.807) is 0 Å².